The van der Waals surface area contributed by atoms with Crippen molar-refractivity contribution in [3.8, 4) is 0 Å². The lowest BCUT2D eigenvalue weighted by molar-refractivity contribution is -0.123. The Morgan fingerprint density at radius 3 is 2.88 bits per heavy atom. The Hall–Kier alpha value is -2.02. The standard InChI is InChI=1S/C18H25F2N3O2/c19-15-5-6-16(20)13(11-15)4-7-17(24)22-8-2-10-23-9-1-3-14(12-23)18(21)25/h5-6,11,14H,1-4,7-10,12H2,(H2,21,25)(H,22,24). The van der Waals surface area contributed by atoms with Gasteiger partial charge in [0.05, 0.1) is 5.92 Å². The lowest BCUT2D eigenvalue weighted by atomic mass is 9.97. The average molecular weight is 353 g/mol. The van der Waals surface area contributed by atoms with Crippen molar-refractivity contribution in [3.05, 3.63) is 35.4 Å². The normalized spacial score (nSPS) is 18.1. The number of nitrogens with one attached hydrogen (secondary N) is 1. The number of nitrogens with two attached hydrogens (primary N) is 1. The smallest absolute Gasteiger partial charge is 0.221 e. The van der Waals surface area contributed by atoms with Crippen molar-refractivity contribution in [1.82, 2.24) is 10.2 Å². The van der Waals surface area contributed by atoms with Crippen LogP contribution in [0.15, 0.2) is 18.2 Å². The van der Waals surface area contributed by atoms with Gasteiger partial charge in [-0.05, 0) is 62.5 Å². The predicted molar refractivity (Wildman–Crippen MR) is 90.7 cm³/mol. The number of amides is 2. The molecule has 1 saturated heterocycles. The monoisotopic (exact) mass is 353 g/mol. The number of hydrogen-bond acceptors (Lipinski definition) is 3. The SMILES string of the molecule is NC(=O)C1CCCN(CCCNC(=O)CCc2cc(F)ccc2F)C1. The molecule has 1 atom stereocenters. The number of halogens is 2. The van der Waals surface area contributed by atoms with Gasteiger partial charge in [0, 0.05) is 19.5 Å². The van der Waals surface area contributed by atoms with Crippen LogP contribution >= 0.6 is 0 Å². The molecule has 5 nitrogen and oxygen atoms in total. The number of carbonyl (C=O) groups is 2. The molecule has 0 spiro atoms. The molecule has 1 aromatic rings. The minimum atomic E-state index is -0.507. The molecular formula is C18H25F2N3O2. The molecule has 1 unspecified atom stereocenters. The maximum absolute atomic E-state index is 13.5. The summed E-state index contributed by atoms with van der Waals surface area (Å²) in [4.78, 5) is 25.2. The Morgan fingerprint density at radius 1 is 1.32 bits per heavy atom. The summed E-state index contributed by atoms with van der Waals surface area (Å²) >= 11 is 0. The number of piperidine rings is 1. The summed E-state index contributed by atoms with van der Waals surface area (Å²) in [5.41, 5.74) is 5.56. The van der Waals surface area contributed by atoms with Crippen molar-refractivity contribution in [2.45, 2.75) is 32.1 Å². The second kappa shape index (κ2) is 9.46. The first-order valence-corrected chi connectivity index (χ1v) is 8.68. The highest BCUT2D eigenvalue weighted by Gasteiger charge is 2.23. The van der Waals surface area contributed by atoms with Crippen LogP contribution in [0, 0.1) is 17.6 Å². The molecule has 1 aromatic carbocycles. The second-order valence-electron chi connectivity index (χ2n) is 6.48. The van der Waals surface area contributed by atoms with Gasteiger partial charge in [-0.25, -0.2) is 8.78 Å². The lowest BCUT2D eigenvalue weighted by Gasteiger charge is -2.31. The fraction of sp³-hybridized carbons (Fsp3) is 0.556. The van der Waals surface area contributed by atoms with Gasteiger partial charge in [-0.1, -0.05) is 0 Å². The maximum Gasteiger partial charge on any atom is 0.221 e. The van der Waals surface area contributed by atoms with E-state index in [2.05, 4.69) is 10.2 Å². The van der Waals surface area contributed by atoms with E-state index in [9.17, 15) is 18.4 Å². The van der Waals surface area contributed by atoms with Crippen molar-refractivity contribution in [3.63, 3.8) is 0 Å². The van der Waals surface area contributed by atoms with E-state index in [1.165, 1.54) is 0 Å². The largest absolute Gasteiger partial charge is 0.369 e. The summed E-state index contributed by atoms with van der Waals surface area (Å²) in [6.45, 7) is 2.93. The van der Waals surface area contributed by atoms with Crippen molar-refractivity contribution in [2.24, 2.45) is 11.7 Å². The third-order valence-electron chi connectivity index (χ3n) is 4.51. The van der Waals surface area contributed by atoms with Gasteiger partial charge in [-0.2, -0.15) is 0 Å². The van der Waals surface area contributed by atoms with Gasteiger partial charge in [0.2, 0.25) is 11.8 Å². The molecule has 0 aliphatic carbocycles. The molecule has 1 aliphatic rings. The van der Waals surface area contributed by atoms with Crippen LogP contribution in [-0.2, 0) is 16.0 Å². The molecule has 1 fully saturated rings. The quantitative estimate of drug-likeness (QED) is 0.697. The Labute approximate surface area is 146 Å². The molecule has 0 saturated carbocycles. The fourth-order valence-electron chi connectivity index (χ4n) is 3.09. The first-order chi connectivity index (χ1) is 12.0. The molecule has 0 bridgehead atoms. The molecule has 25 heavy (non-hydrogen) atoms. The minimum absolute atomic E-state index is 0.0792. The van der Waals surface area contributed by atoms with E-state index in [1.807, 2.05) is 0 Å². The van der Waals surface area contributed by atoms with E-state index < -0.39 is 11.6 Å². The number of benzene rings is 1. The number of hydrogen-bond donors (Lipinski definition) is 2. The molecule has 138 valence electrons. The van der Waals surface area contributed by atoms with Crippen LogP contribution < -0.4 is 11.1 Å². The zero-order chi connectivity index (χ0) is 18.2. The number of rotatable bonds is 8. The number of likely N-dealkylation sites (tertiary alicyclic amines) is 1. The van der Waals surface area contributed by atoms with Crippen molar-refractivity contribution >= 4 is 11.8 Å². The van der Waals surface area contributed by atoms with Gasteiger partial charge >= 0.3 is 0 Å². The van der Waals surface area contributed by atoms with E-state index in [4.69, 9.17) is 5.73 Å². The van der Waals surface area contributed by atoms with E-state index in [0.29, 0.717) is 13.1 Å². The van der Waals surface area contributed by atoms with Gasteiger partial charge in [0.25, 0.3) is 0 Å². The molecule has 2 rings (SSSR count). The minimum Gasteiger partial charge on any atom is -0.369 e. The lowest BCUT2D eigenvalue weighted by Crippen LogP contribution is -2.42. The van der Waals surface area contributed by atoms with Gasteiger partial charge < -0.3 is 16.0 Å². The Balaban J connectivity index is 1.62. The second-order valence-corrected chi connectivity index (χ2v) is 6.48. The summed E-state index contributed by atoms with van der Waals surface area (Å²) in [5, 5.41) is 2.79. The van der Waals surface area contributed by atoms with Gasteiger partial charge in [0.15, 0.2) is 0 Å². The van der Waals surface area contributed by atoms with Crippen LogP contribution in [-0.4, -0.2) is 42.9 Å². The molecule has 0 aromatic heterocycles. The van der Waals surface area contributed by atoms with E-state index in [1.54, 1.807) is 0 Å². The van der Waals surface area contributed by atoms with Crippen LogP contribution in [0.2, 0.25) is 0 Å². The highest BCUT2D eigenvalue weighted by atomic mass is 19.1. The van der Waals surface area contributed by atoms with Crippen LogP contribution in [0.5, 0.6) is 0 Å². The zero-order valence-corrected chi connectivity index (χ0v) is 14.3. The van der Waals surface area contributed by atoms with E-state index in [0.717, 1.165) is 50.6 Å². The number of aryl methyl sites for hydroxylation is 1. The highest BCUT2D eigenvalue weighted by molar-refractivity contribution is 5.77. The van der Waals surface area contributed by atoms with Gasteiger partial charge in [-0.3, -0.25) is 9.59 Å². The fourth-order valence-corrected chi connectivity index (χ4v) is 3.09. The van der Waals surface area contributed by atoms with Crippen LogP contribution in [0.25, 0.3) is 0 Å². The summed E-state index contributed by atoms with van der Waals surface area (Å²) in [6, 6.07) is 3.25. The van der Waals surface area contributed by atoms with E-state index >= 15 is 0 Å². The summed E-state index contributed by atoms with van der Waals surface area (Å²) in [7, 11) is 0. The summed E-state index contributed by atoms with van der Waals surface area (Å²) in [6.07, 6.45) is 2.86. The van der Waals surface area contributed by atoms with Crippen molar-refractivity contribution < 1.29 is 18.4 Å². The Kier molecular flexibility index (Phi) is 7.31. The zero-order valence-electron chi connectivity index (χ0n) is 14.3. The van der Waals surface area contributed by atoms with Crippen molar-refractivity contribution in [1.29, 1.82) is 0 Å². The van der Waals surface area contributed by atoms with Gasteiger partial charge in [-0.15, -0.1) is 0 Å². The van der Waals surface area contributed by atoms with Crippen LogP contribution in [0.4, 0.5) is 8.78 Å². The Bertz CT molecular complexity index is 610. The molecule has 1 aliphatic heterocycles. The number of nitrogens with zero attached hydrogens (tertiary/aromatic N) is 1. The topological polar surface area (TPSA) is 75.4 Å². The third-order valence-corrected chi connectivity index (χ3v) is 4.51. The third kappa shape index (κ3) is 6.42. The van der Waals surface area contributed by atoms with Crippen molar-refractivity contribution in [2.75, 3.05) is 26.2 Å². The first-order valence-electron chi connectivity index (χ1n) is 8.68. The molecule has 7 heteroatoms. The first kappa shape index (κ1) is 19.3. The Morgan fingerprint density at radius 2 is 2.12 bits per heavy atom. The predicted octanol–water partition coefficient (Wildman–Crippen LogP) is 1.60. The molecule has 0 radical (unpaired) electrons. The molecule has 3 N–H and O–H groups in total. The number of primary amides is 1. The summed E-state index contributed by atoms with van der Waals surface area (Å²) < 4.78 is 26.6. The molecule has 1 heterocycles. The van der Waals surface area contributed by atoms with Crippen LogP contribution in [0.3, 0.4) is 0 Å². The molecular weight excluding hydrogens is 328 g/mol. The molecule has 2 amide bonds. The number of carbonyl (C=O) groups excluding carboxylic acids is 2. The van der Waals surface area contributed by atoms with Crippen LogP contribution in [0.1, 0.15) is 31.2 Å². The average Bonchev–Trinajstić information content (AvgIpc) is 2.59. The summed E-state index contributed by atoms with van der Waals surface area (Å²) in [5.74, 6) is -1.51. The maximum atomic E-state index is 13.5. The van der Waals surface area contributed by atoms with Gasteiger partial charge in [0.1, 0.15) is 11.6 Å². The van der Waals surface area contributed by atoms with E-state index in [-0.39, 0.29) is 36.1 Å². The highest BCUT2D eigenvalue weighted by Crippen LogP contribution is 2.16.